The van der Waals surface area contributed by atoms with Crippen molar-refractivity contribution in [2.45, 2.75) is 12.6 Å². The molecule has 0 bridgehead atoms. The zero-order valence-corrected chi connectivity index (χ0v) is 12.3. The second-order valence-electron chi connectivity index (χ2n) is 4.88. The van der Waals surface area contributed by atoms with Crippen LogP contribution >= 0.6 is 0 Å². The zero-order chi connectivity index (χ0) is 17.0. The van der Waals surface area contributed by atoms with Gasteiger partial charge in [0.15, 0.2) is 29.0 Å². The lowest BCUT2D eigenvalue weighted by Gasteiger charge is -2.18. The molecule has 0 fully saturated rings. The molecule has 0 saturated heterocycles. The first-order valence-corrected chi connectivity index (χ1v) is 6.81. The average molecular weight is 327 g/mol. The van der Waals surface area contributed by atoms with Crippen LogP contribution in [0.15, 0.2) is 30.3 Å². The summed E-state index contributed by atoms with van der Waals surface area (Å²) < 4.78 is 44.5. The number of phenols is 1. The van der Waals surface area contributed by atoms with Crippen molar-refractivity contribution in [1.82, 2.24) is 5.32 Å². The number of ether oxygens (including phenoxy) is 1. The summed E-state index contributed by atoms with van der Waals surface area (Å²) in [6, 6.07) is 5.68. The highest BCUT2D eigenvalue weighted by Crippen LogP contribution is 2.29. The lowest BCUT2D eigenvalue weighted by molar-refractivity contribution is 0.242. The summed E-state index contributed by atoms with van der Waals surface area (Å²) in [6.07, 6.45) is 0. The SMILES string of the molecule is COc1cccc(CNC(CO)c2cc(F)c(F)c(F)c2)c1O. The molecule has 0 aliphatic heterocycles. The van der Waals surface area contributed by atoms with Crippen molar-refractivity contribution < 1.29 is 28.1 Å². The van der Waals surface area contributed by atoms with Gasteiger partial charge in [0, 0.05) is 12.1 Å². The summed E-state index contributed by atoms with van der Waals surface area (Å²) >= 11 is 0. The summed E-state index contributed by atoms with van der Waals surface area (Å²) in [5.41, 5.74) is 0.539. The van der Waals surface area contributed by atoms with Gasteiger partial charge in [0.1, 0.15) is 0 Å². The van der Waals surface area contributed by atoms with Crippen LogP contribution in [-0.2, 0) is 6.54 Å². The molecule has 124 valence electrons. The number of aliphatic hydroxyl groups is 1. The van der Waals surface area contributed by atoms with Gasteiger partial charge in [-0.3, -0.25) is 0 Å². The van der Waals surface area contributed by atoms with Crippen LogP contribution in [0.4, 0.5) is 13.2 Å². The fraction of sp³-hybridized carbons (Fsp3) is 0.250. The van der Waals surface area contributed by atoms with Gasteiger partial charge in [-0.15, -0.1) is 0 Å². The van der Waals surface area contributed by atoms with Crippen LogP contribution in [0, 0.1) is 17.5 Å². The van der Waals surface area contributed by atoms with Crippen molar-refractivity contribution in [3.8, 4) is 11.5 Å². The van der Waals surface area contributed by atoms with E-state index in [0.717, 1.165) is 12.1 Å². The summed E-state index contributed by atoms with van der Waals surface area (Å²) in [5.74, 6) is -4.01. The molecule has 0 saturated carbocycles. The molecule has 2 rings (SSSR count). The van der Waals surface area contributed by atoms with E-state index in [-0.39, 0.29) is 23.6 Å². The molecule has 2 aromatic carbocycles. The molecule has 0 aliphatic rings. The van der Waals surface area contributed by atoms with E-state index in [9.17, 15) is 23.4 Å². The Morgan fingerprint density at radius 2 is 1.83 bits per heavy atom. The highest BCUT2D eigenvalue weighted by molar-refractivity contribution is 5.45. The molecular weight excluding hydrogens is 311 g/mol. The predicted octanol–water partition coefficient (Wildman–Crippen LogP) is 2.64. The van der Waals surface area contributed by atoms with Crippen LogP contribution in [0.2, 0.25) is 0 Å². The van der Waals surface area contributed by atoms with Crippen LogP contribution < -0.4 is 10.1 Å². The quantitative estimate of drug-likeness (QED) is 0.714. The van der Waals surface area contributed by atoms with Crippen LogP contribution in [0.1, 0.15) is 17.2 Å². The van der Waals surface area contributed by atoms with E-state index in [1.54, 1.807) is 18.2 Å². The Labute approximate surface area is 131 Å². The normalized spacial score (nSPS) is 12.2. The minimum absolute atomic E-state index is 0.0614. The molecule has 1 atom stereocenters. The molecule has 2 aromatic rings. The van der Waals surface area contributed by atoms with Crippen molar-refractivity contribution >= 4 is 0 Å². The Morgan fingerprint density at radius 1 is 1.17 bits per heavy atom. The first-order valence-electron chi connectivity index (χ1n) is 6.81. The lowest BCUT2D eigenvalue weighted by Crippen LogP contribution is -2.24. The maximum atomic E-state index is 13.3. The molecule has 0 amide bonds. The van der Waals surface area contributed by atoms with E-state index in [2.05, 4.69) is 5.32 Å². The minimum Gasteiger partial charge on any atom is -0.504 e. The largest absolute Gasteiger partial charge is 0.504 e. The smallest absolute Gasteiger partial charge is 0.194 e. The molecule has 3 N–H and O–H groups in total. The molecule has 0 aliphatic carbocycles. The van der Waals surface area contributed by atoms with E-state index in [1.165, 1.54) is 7.11 Å². The number of para-hydroxylation sites is 1. The van der Waals surface area contributed by atoms with Gasteiger partial charge in [0.25, 0.3) is 0 Å². The van der Waals surface area contributed by atoms with Gasteiger partial charge in [-0.2, -0.15) is 0 Å². The van der Waals surface area contributed by atoms with Crippen molar-refractivity contribution in [1.29, 1.82) is 0 Å². The second kappa shape index (κ2) is 7.34. The topological polar surface area (TPSA) is 61.7 Å². The molecular formula is C16H16F3NO3. The molecule has 1 unspecified atom stereocenters. The Kier molecular flexibility index (Phi) is 5.46. The standard InChI is InChI=1S/C16H16F3NO3/c1-23-14-4-2-3-9(16(14)22)7-20-13(8-21)10-5-11(17)15(19)12(18)6-10/h2-6,13,20-22H,7-8H2,1H3. The molecule has 0 radical (unpaired) electrons. The van der Waals surface area contributed by atoms with Crippen LogP contribution in [-0.4, -0.2) is 23.9 Å². The van der Waals surface area contributed by atoms with Gasteiger partial charge in [-0.1, -0.05) is 12.1 Å². The molecule has 7 heteroatoms. The van der Waals surface area contributed by atoms with Crippen LogP contribution in [0.5, 0.6) is 11.5 Å². The van der Waals surface area contributed by atoms with E-state index in [0.29, 0.717) is 5.56 Å². The summed E-state index contributed by atoms with van der Waals surface area (Å²) in [5, 5.41) is 22.2. The molecule has 0 spiro atoms. The van der Waals surface area contributed by atoms with Gasteiger partial charge in [-0.25, -0.2) is 13.2 Å². The predicted molar refractivity (Wildman–Crippen MR) is 77.6 cm³/mol. The van der Waals surface area contributed by atoms with E-state index >= 15 is 0 Å². The number of aliphatic hydroxyl groups excluding tert-OH is 1. The fourth-order valence-corrected chi connectivity index (χ4v) is 2.17. The summed E-state index contributed by atoms with van der Waals surface area (Å²) in [4.78, 5) is 0. The molecule has 0 aromatic heterocycles. The third-order valence-electron chi connectivity index (χ3n) is 3.43. The maximum Gasteiger partial charge on any atom is 0.194 e. The van der Waals surface area contributed by atoms with Crippen molar-refractivity contribution in [2.75, 3.05) is 13.7 Å². The number of halogens is 3. The number of benzene rings is 2. The summed E-state index contributed by atoms with van der Waals surface area (Å²) in [6.45, 7) is -0.357. The van der Waals surface area contributed by atoms with E-state index in [1.807, 2.05) is 0 Å². The fourth-order valence-electron chi connectivity index (χ4n) is 2.17. The average Bonchev–Trinajstić information content (AvgIpc) is 2.54. The molecule has 0 heterocycles. The Morgan fingerprint density at radius 3 is 2.39 bits per heavy atom. The zero-order valence-electron chi connectivity index (χ0n) is 12.3. The number of hydrogen-bond acceptors (Lipinski definition) is 4. The Balaban J connectivity index is 2.18. The number of methoxy groups -OCH3 is 1. The number of aromatic hydroxyl groups is 1. The maximum absolute atomic E-state index is 13.3. The van der Waals surface area contributed by atoms with E-state index in [4.69, 9.17) is 4.74 Å². The van der Waals surface area contributed by atoms with Crippen LogP contribution in [0.25, 0.3) is 0 Å². The van der Waals surface area contributed by atoms with Crippen LogP contribution in [0.3, 0.4) is 0 Å². The third-order valence-corrected chi connectivity index (χ3v) is 3.43. The van der Waals surface area contributed by atoms with Gasteiger partial charge >= 0.3 is 0 Å². The first kappa shape index (κ1) is 17.1. The van der Waals surface area contributed by atoms with Gasteiger partial charge in [-0.05, 0) is 23.8 Å². The first-order chi connectivity index (χ1) is 11.0. The number of hydrogen-bond donors (Lipinski definition) is 3. The van der Waals surface area contributed by atoms with E-state index < -0.39 is 30.1 Å². The van der Waals surface area contributed by atoms with Crippen molar-refractivity contribution in [2.24, 2.45) is 0 Å². The molecule has 4 nitrogen and oxygen atoms in total. The number of nitrogens with one attached hydrogen (secondary N) is 1. The van der Waals surface area contributed by atoms with Gasteiger partial charge < -0.3 is 20.3 Å². The lowest BCUT2D eigenvalue weighted by atomic mass is 10.1. The van der Waals surface area contributed by atoms with Gasteiger partial charge in [0.2, 0.25) is 0 Å². The van der Waals surface area contributed by atoms with Crippen molar-refractivity contribution in [3.05, 3.63) is 58.9 Å². The minimum atomic E-state index is -1.56. The Hall–Kier alpha value is -2.25. The van der Waals surface area contributed by atoms with Crippen molar-refractivity contribution in [3.63, 3.8) is 0 Å². The Bertz CT molecular complexity index is 671. The molecule has 23 heavy (non-hydrogen) atoms. The highest BCUT2D eigenvalue weighted by atomic mass is 19.2. The number of rotatable bonds is 6. The monoisotopic (exact) mass is 327 g/mol. The van der Waals surface area contributed by atoms with Gasteiger partial charge in [0.05, 0.1) is 19.8 Å². The third kappa shape index (κ3) is 3.75. The highest BCUT2D eigenvalue weighted by Gasteiger charge is 2.17. The summed E-state index contributed by atoms with van der Waals surface area (Å²) in [7, 11) is 1.41. The number of phenolic OH excluding ortho intramolecular Hbond substituents is 1. The second-order valence-corrected chi connectivity index (χ2v) is 4.88.